The maximum absolute atomic E-state index is 5.83. The van der Waals surface area contributed by atoms with E-state index in [1.54, 1.807) is 0 Å². The van der Waals surface area contributed by atoms with E-state index in [9.17, 15) is 0 Å². The second kappa shape index (κ2) is 4.30. The summed E-state index contributed by atoms with van der Waals surface area (Å²) < 4.78 is 0. The highest BCUT2D eigenvalue weighted by Crippen LogP contribution is 2.29. The van der Waals surface area contributed by atoms with Crippen molar-refractivity contribution < 1.29 is 0 Å². The summed E-state index contributed by atoms with van der Waals surface area (Å²) in [6.07, 6.45) is 4.24. The molecule has 1 aromatic carbocycles. The van der Waals surface area contributed by atoms with E-state index in [0.717, 1.165) is 12.1 Å². The standard InChI is InChI=1S/C13H16N4/c14-8-10-4-3-7-17(10)13-9-15-16-12-6-2-1-5-11(12)13/h1-2,5-6,9-10H,3-4,7-8,14H2. The molecule has 0 amide bonds. The topological polar surface area (TPSA) is 55.0 Å². The number of nitrogens with zero attached hydrogens (tertiary/aromatic N) is 3. The van der Waals surface area contributed by atoms with Gasteiger partial charge in [0.05, 0.1) is 17.4 Å². The van der Waals surface area contributed by atoms with Crippen LogP contribution in [0.5, 0.6) is 0 Å². The van der Waals surface area contributed by atoms with Crippen LogP contribution in [0.2, 0.25) is 0 Å². The molecular formula is C13H16N4. The van der Waals surface area contributed by atoms with Crippen LogP contribution in [0.4, 0.5) is 5.69 Å². The summed E-state index contributed by atoms with van der Waals surface area (Å²) in [5.41, 5.74) is 7.95. The summed E-state index contributed by atoms with van der Waals surface area (Å²) in [4.78, 5) is 2.37. The summed E-state index contributed by atoms with van der Waals surface area (Å²) in [5.74, 6) is 0. The third-order valence-electron chi connectivity index (χ3n) is 3.48. The van der Waals surface area contributed by atoms with Gasteiger partial charge in [0.25, 0.3) is 0 Å². The molecule has 4 nitrogen and oxygen atoms in total. The number of hydrogen-bond donors (Lipinski definition) is 1. The number of anilines is 1. The van der Waals surface area contributed by atoms with Crippen molar-refractivity contribution in [3.05, 3.63) is 30.5 Å². The number of nitrogens with two attached hydrogens (primary N) is 1. The fourth-order valence-electron chi connectivity index (χ4n) is 2.62. The Morgan fingerprint density at radius 3 is 3.12 bits per heavy atom. The first-order chi connectivity index (χ1) is 8.40. The first kappa shape index (κ1) is 10.5. The van der Waals surface area contributed by atoms with Gasteiger partial charge >= 0.3 is 0 Å². The van der Waals surface area contributed by atoms with E-state index in [0.29, 0.717) is 12.6 Å². The Bertz CT molecular complexity index is 520. The van der Waals surface area contributed by atoms with Crippen molar-refractivity contribution in [3.63, 3.8) is 0 Å². The lowest BCUT2D eigenvalue weighted by atomic mass is 10.1. The van der Waals surface area contributed by atoms with E-state index < -0.39 is 0 Å². The van der Waals surface area contributed by atoms with Gasteiger partial charge < -0.3 is 10.6 Å². The Morgan fingerprint density at radius 1 is 1.35 bits per heavy atom. The Labute approximate surface area is 100 Å². The molecule has 1 aliphatic heterocycles. The van der Waals surface area contributed by atoms with Crippen molar-refractivity contribution >= 4 is 16.6 Å². The predicted molar refractivity (Wildman–Crippen MR) is 69.0 cm³/mol. The van der Waals surface area contributed by atoms with Crippen LogP contribution in [0.3, 0.4) is 0 Å². The first-order valence-corrected chi connectivity index (χ1v) is 6.07. The highest BCUT2D eigenvalue weighted by Gasteiger charge is 2.24. The van der Waals surface area contributed by atoms with Crippen molar-refractivity contribution in [2.75, 3.05) is 18.0 Å². The zero-order valence-corrected chi connectivity index (χ0v) is 9.71. The third kappa shape index (κ3) is 1.74. The van der Waals surface area contributed by atoms with Crippen LogP contribution in [0.15, 0.2) is 30.5 Å². The molecule has 2 N–H and O–H groups in total. The van der Waals surface area contributed by atoms with Gasteiger partial charge in [-0.05, 0) is 18.9 Å². The molecule has 0 bridgehead atoms. The minimum absolute atomic E-state index is 0.447. The normalized spacial score (nSPS) is 20.1. The molecule has 1 saturated heterocycles. The molecule has 1 unspecified atom stereocenters. The van der Waals surface area contributed by atoms with Crippen LogP contribution < -0.4 is 10.6 Å². The molecular weight excluding hydrogens is 212 g/mol. The number of fused-ring (bicyclic) bond motifs is 1. The third-order valence-corrected chi connectivity index (χ3v) is 3.48. The SMILES string of the molecule is NCC1CCCN1c1cnnc2ccccc12. The summed E-state index contributed by atoms with van der Waals surface area (Å²) in [6, 6.07) is 8.58. The molecule has 2 aromatic rings. The lowest BCUT2D eigenvalue weighted by Gasteiger charge is -2.26. The van der Waals surface area contributed by atoms with E-state index in [4.69, 9.17) is 5.73 Å². The average Bonchev–Trinajstić information content (AvgIpc) is 2.86. The lowest BCUT2D eigenvalue weighted by molar-refractivity contribution is 0.677. The number of aromatic nitrogens is 2. The highest BCUT2D eigenvalue weighted by molar-refractivity contribution is 5.91. The van der Waals surface area contributed by atoms with Crippen molar-refractivity contribution in [1.29, 1.82) is 0 Å². The fraction of sp³-hybridized carbons (Fsp3) is 0.385. The molecule has 4 heteroatoms. The second-order valence-corrected chi connectivity index (χ2v) is 4.47. The summed E-state index contributed by atoms with van der Waals surface area (Å²) in [5, 5.41) is 9.42. The van der Waals surface area contributed by atoms with E-state index in [-0.39, 0.29) is 0 Å². The van der Waals surface area contributed by atoms with Gasteiger partial charge in [-0.3, -0.25) is 0 Å². The Kier molecular flexibility index (Phi) is 2.65. The lowest BCUT2D eigenvalue weighted by Crippen LogP contribution is -2.35. The monoisotopic (exact) mass is 228 g/mol. The molecule has 0 saturated carbocycles. The van der Waals surface area contributed by atoms with E-state index in [2.05, 4.69) is 21.2 Å². The molecule has 0 radical (unpaired) electrons. The zero-order chi connectivity index (χ0) is 11.7. The average molecular weight is 228 g/mol. The second-order valence-electron chi connectivity index (χ2n) is 4.47. The van der Waals surface area contributed by atoms with Crippen molar-refractivity contribution in [2.24, 2.45) is 5.73 Å². The van der Waals surface area contributed by atoms with Crippen LogP contribution in [-0.2, 0) is 0 Å². The van der Waals surface area contributed by atoms with Crippen LogP contribution >= 0.6 is 0 Å². The molecule has 0 aliphatic carbocycles. The van der Waals surface area contributed by atoms with Gasteiger partial charge in [0.1, 0.15) is 0 Å². The molecule has 2 heterocycles. The summed E-state index contributed by atoms with van der Waals surface area (Å²) in [6.45, 7) is 1.77. The van der Waals surface area contributed by atoms with Gasteiger partial charge in [0.2, 0.25) is 0 Å². The van der Waals surface area contributed by atoms with E-state index in [1.807, 2.05) is 24.4 Å². The maximum atomic E-state index is 5.83. The number of benzene rings is 1. The molecule has 0 spiro atoms. The van der Waals surface area contributed by atoms with Crippen LogP contribution in [0.1, 0.15) is 12.8 Å². The van der Waals surface area contributed by atoms with Crippen molar-refractivity contribution in [2.45, 2.75) is 18.9 Å². The molecule has 1 atom stereocenters. The quantitative estimate of drug-likeness (QED) is 0.847. The Hall–Kier alpha value is -1.68. The molecule has 3 rings (SSSR count). The van der Waals surface area contributed by atoms with Gasteiger partial charge in [-0.1, -0.05) is 18.2 Å². The minimum Gasteiger partial charge on any atom is -0.365 e. The van der Waals surface area contributed by atoms with Crippen molar-refractivity contribution in [1.82, 2.24) is 10.2 Å². The molecule has 17 heavy (non-hydrogen) atoms. The summed E-state index contributed by atoms with van der Waals surface area (Å²) in [7, 11) is 0. The Balaban J connectivity index is 2.10. The first-order valence-electron chi connectivity index (χ1n) is 6.07. The summed E-state index contributed by atoms with van der Waals surface area (Å²) >= 11 is 0. The molecule has 1 aliphatic rings. The maximum Gasteiger partial charge on any atom is 0.0950 e. The van der Waals surface area contributed by atoms with Gasteiger partial charge in [0.15, 0.2) is 0 Å². The molecule has 1 aromatic heterocycles. The van der Waals surface area contributed by atoms with Gasteiger partial charge in [0, 0.05) is 24.5 Å². The minimum atomic E-state index is 0.447. The van der Waals surface area contributed by atoms with Crippen LogP contribution in [0, 0.1) is 0 Å². The van der Waals surface area contributed by atoms with E-state index in [1.165, 1.54) is 23.9 Å². The van der Waals surface area contributed by atoms with Gasteiger partial charge in [-0.25, -0.2) is 0 Å². The number of hydrogen-bond acceptors (Lipinski definition) is 4. The highest BCUT2D eigenvalue weighted by atomic mass is 15.2. The van der Waals surface area contributed by atoms with Crippen LogP contribution in [-0.4, -0.2) is 29.3 Å². The van der Waals surface area contributed by atoms with Crippen LogP contribution in [0.25, 0.3) is 10.9 Å². The largest absolute Gasteiger partial charge is 0.365 e. The van der Waals surface area contributed by atoms with Gasteiger partial charge in [-0.2, -0.15) is 10.2 Å². The number of rotatable bonds is 2. The van der Waals surface area contributed by atoms with E-state index >= 15 is 0 Å². The Morgan fingerprint density at radius 2 is 2.24 bits per heavy atom. The van der Waals surface area contributed by atoms with Gasteiger partial charge in [-0.15, -0.1) is 0 Å². The van der Waals surface area contributed by atoms with Crippen molar-refractivity contribution in [3.8, 4) is 0 Å². The predicted octanol–water partition coefficient (Wildman–Crippen LogP) is 1.56. The smallest absolute Gasteiger partial charge is 0.0950 e. The fourth-order valence-corrected chi connectivity index (χ4v) is 2.62. The molecule has 88 valence electrons. The zero-order valence-electron chi connectivity index (χ0n) is 9.71. The molecule has 1 fully saturated rings.